The summed E-state index contributed by atoms with van der Waals surface area (Å²) in [4.78, 5) is 10.9. The van der Waals surface area contributed by atoms with E-state index in [0.29, 0.717) is 17.6 Å². The minimum Gasteiger partial charge on any atom is -0.409 e. The molecule has 0 saturated carbocycles. The first-order valence-corrected chi connectivity index (χ1v) is 6.66. The maximum absolute atomic E-state index is 8.76. The molecule has 2 rings (SSSR count). The van der Waals surface area contributed by atoms with Crippen molar-refractivity contribution in [2.45, 2.75) is 26.4 Å². The van der Waals surface area contributed by atoms with E-state index in [0.717, 1.165) is 25.2 Å². The van der Waals surface area contributed by atoms with Gasteiger partial charge in [0.2, 0.25) is 5.95 Å². The Kier molecular flexibility index (Phi) is 4.39. The summed E-state index contributed by atoms with van der Waals surface area (Å²) in [5, 5.41) is 11.8. The summed E-state index contributed by atoms with van der Waals surface area (Å²) in [5.41, 5.74) is 6.82. The van der Waals surface area contributed by atoms with Crippen LogP contribution >= 0.6 is 0 Å². The van der Waals surface area contributed by atoms with E-state index in [1.165, 1.54) is 0 Å². The summed E-state index contributed by atoms with van der Waals surface area (Å²) < 4.78 is 5.50. The molecule has 1 saturated heterocycles. The minimum absolute atomic E-state index is 0.00887. The fourth-order valence-electron chi connectivity index (χ4n) is 2.40. The average Bonchev–Trinajstić information content (AvgIpc) is 2.46. The van der Waals surface area contributed by atoms with E-state index in [1.807, 2.05) is 6.92 Å². The Morgan fingerprint density at radius 2 is 2.30 bits per heavy atom. The third-order valence-corrected chi connectivity index (χ3v) is 3.69. The summed E-state index contributed by atoms with van der Waals surface area (Å²) >= 11 is 0. The molecule has 3 N–H and O–H groups in total. The molecule has 1 aliphatic rings. The average molecular weight is 279 g/mol. The summed E-state index contributed by atoms with van der Waals surface area (Å²) in [7, 11) is 1.73. The van der Waals surface area contributed by atoms with Crippen molar-refractivity contribution < 1.29 is 9.94 Å². The Bertz CT molecular complexity index is 506. The lowest BCUT2D eigenvalue weighted by atomic mass is 9.96. The van der Waals surface area contributed by atoms with Gasteiger partial charge in [-0.05, 0) is 25.3 Å². The molecule has 7 nitrogen and oxygen atoms in total. The second kappa shape index (κ2) is 6.04. The van der Waals surface area contributed by atoms with E-state index >= 15 is 0 Å². The molecule has 7 heteroatoms. The lowest BCUT2D eigenvalue weighted by Gasteiger charge is -2.36. The molecule has 1 aromatic heterocycles. The molecule has 0 spiro atoms. The van der Waals surface area contributed by atoms with Crippen LogP contribution in [0, 0.1) is 12.8 Å². The minimum atomic E-state index is -0.00887. The monoisotopic (exact) mass is 279 g/mol. The van der Waals surface area contributed by atoms with Crippen LogP contribution in [-0.2, 0) is 4.74 Å². The van der Waals surface area contributed by atoms with Gasteiger partial charge in [-0.15, -0.1) is 0 Å². The summed E-state index contributed by atoms with van der Waals surface area (Å²) in [6, 6.07) is 1.69. The second-order valence-electron chi connectivity index (χ2n) is 5.17. The van der Waals surface area contributed by atoms with E-state index < -0.39 is 0 Å². The molecule has 110 valence electrons. The lowest BCUT2D eigenvalue weighted by molar-refractivity contribution is 0.0494. The molecule has 1 aromatic rings. The van der Waals surface area contributed by atoms with E-state index in [4.69, 9.17) is 15.7 Å². The zero-order chi connectivity index (χ0) is 14.7. The van der Waals surface area contributed by atoms with E-state index in [2.05, 4.69) is 26.9 Å². The molecule has 2 heterocycles. The van der Waals surface area contributed by atoms with Crippen LogP contribution in [0.5, 0.6) is 0 Å². The van der Waals surface area contributed by atoms with Crippen molar-refractivity contribution in [2.75, 3.05) is 25.1 Å². The quantitative estimate of drug-likeness (QED) is 0.366. The molecular formula is C13H21N5O2. The number of ether oxygens (including phenoxy) is 1. The number of amidine groups is 1. The third-order valence-electron chi connectivity index (χ3n) is 3.69. The van der Waals surface area contributed by atoms with Crippen LogP contribution in [0.1, 0.15) is 24.7 Å². The van der Waals surface area contributed by atoms with Gasteiger partial charge in [0.25, 0.3) is 0 Å². The van der Waals surface area contributed by atoms with E-state index in [-0.39, 0.29) is 11.9 Å². The van der Waals surface area contributed by atoms with Crippen LogP contribution < -0.4 is 10.6 Å². The molecule has 0 aromatic carbocycles. The zero-order valence-corrected chi connectivity index (χ0v) is 12.1. The number of anilines is 1. The Morgan fingerprint density at radius 1 is 1.55 bits per heavy atom. The van der Waals surface area contributed by atoms with Gasteiger partial charge in [-0.25, -0.2) is 9.97 Å². The van der Waals surface area contributed by atoms with Crippen molar-refractivity contribution in [2.24, 2.45) is 16.8 Å². The number of methoxy groups -OCH3 is 1. The smallest absolute Gasteiger partial charge is 0.226 e. The van der Waals surface area contributed by atoms with Gasteiger partial charge in [0.05, 0.1) is 6.10 Å². The highest BCUT2D eigenvalue weighted by Gasteiger charge is 2.27. The maximum Gasteiger partial charge on any atom is 0.226 e. The van der Waals surface area contributed by atoms with Crippen molar-refractivity contribution in [3.05, 3.63) is 17.5 Å². The topological polar surface area (TPSA) is 96.9 Å². The normalized spacial score (nSPS) is 23.9. The molecule has 2 atom stereocenters. The second-order valence-corrected chi connectivity index (χ2v) is 5.17. The van der Waals surface area contributed by atoms with Crippen LogP contribution in [0.25, 0.3) is 0 Å². The number of oxime groups is 1. The van der Waals surface area contributed by atoms with E-state index in [9.17, 15) is 0 Å². The van der Waals surface area contributed by atoms with Crippen LogP contribution in [0.15, 0.2) is 11.2 Å². The Labute approximate surface area is 118 Å². The van der Waals surface area contributed by atoms with Gasteiger partial charge < -0.3 is 20.6 Å². The highest BCUT2D eigenvalue weighted by atomic mass is 16.5. The third kappa shape index (κ3) is 2.98. The van der Waals surface area contributed by atoms with Crippen LogP contribution in [0.2, 0.25) is 0 Å². The molecule has 20 heavy (non-hydrogen) atoms. The van der Waals surface area contributed by atoms with Crippen molar-refractivity contribution in [3.63, 3.8) is 0 Å². The van der Waals surface area contributed by atoms with Gasteiger partial charge in [0, 0.05) is 25.9 Å². The number of nitrogens with two attached hydrogens (primary N) is 1. The zero-order valence-electron chi connectivity index (χ0n) is 12.1. The summed E-state index contributed by atoms with van der Waals surface area (Å²) in [6.07, 6.45) is 1.19. The number of aromatic nitrogens is 2. The van der Waals surface area contributed by atoms with Gasteiger partial charge in [0.1, 0.15) is 5.69 Å². The fourth-order valence-corrected chi connectivity index (χ4v) is 2.40. The number of aryl methyl sites for hydroxylation is 1. The highest BCUT2D eigenvalue weighted by Crippen LogP contribution is 2.22. The first kappa shape index (κ1) is 14.5. The van der Waals surface area contributed by atoms with Crippen LogP contribution in [0.3, 0.4) is 0 Å². The summed E-state index contributed by atoms with van der Waals surface area (Å²) in [5.74, 6) is 1.11. The predicted molar refractivity (Wildman–Crippen MR) is 76.1 cm³/mol. The standard InChI is InChI=1S/C13H21N5O2/c1-8-4-5-18(7-11(8)20-3)13-15-9(2)6-10(16-13)12(14)17-19/h6,8,11,19H,4-5,7H2,1-3H3,(H2,14,17). The Morgan fingerprint density at radius 3 is 2.95 bits per heavy atom. The number of piperidine rings is 1. The number of hydrogen-bond acceptors (Lipinski definition) is 6. The number of nitrogens with zero attached hydrogens (tertiary/aromatic N) is 4. The van der Waals surface area contributed by atoms with Crippen molar-refractivity contribution >= 4 is 11.8 Å². The Balaban J connectivity index is 2.26. The van der Waals surface area contributed by atoms with Crippen LogP contribution in [0.4, 0.5) is 5.95 Å². The molecule has 0 aliphatic carbocycles. The predicted octanol–water partition coefficient (Wildman–Crippen LogP) is 0.741. The van der Waals surface area contributed by atoms with Crippen molar-refractivity contribution in [1.29, 1.82) is 0 Å². The maximum atomic E-state index is 8.76. The molecular weight excluding hydrogens is 258 g/mol. The van der Waals surface area contributed by atoms with Gasteiger partial charge in [-0.2, -0.15) is 0 Å². The largest absolute Gasteiger partial charge is 0.409 e. The van der Waals surface area contributed by atoms with Gasteiger partial charge in [-0.3, -0.25) is 0 Å². The molecule has 0 radical (unpaired) electrons. The molecule has 1 fully saturated rings. The van der Waals surface area contributed by atoms with Gasteiger partial charge in [-0.1, -0.05) is 12.1 Å². The van der Waals surface area contributed by atoms with Crippen molar-refractivity contribution in [3.8, 4) is 0 Å². The molecule has 0 bridgehead atoms. The number of rotatable bonds is 3. The van der Waals surface area contributed by atoms with Crippen molar-refractivity contribution in [1.82, 2.24) is 9.97 Å². The van der Waals surface area contributed by atoms with E-state index in [1.54, 1.807) is 13.2 Å². The summed E-state index contributed by atoms with van der Waals surface area (Å²) in [6.45, 7) is 5.67. The Hall–Kier alpha value is -1.89. The number of hydrogen-bond donors (Lipinski definition) is 2. The molecule has 2 unspecified atom stereocenters. The van der Waals surface area contributed by atoms with Gasteiger partial charge >= 0.3 is 0 Å². The lowest BCUT2D eigenvalue weighted by Crippen LogP contribution is -2.44. The molecule has 1 aliphatic heterocycles. The SMILES string of the molecule is COC1CN(c2nc(C)cc(/C(N)=N/O)n2)CCC1C. The fraction of sp³-hybridized carbons (Fsp3) is 0.615. The van der Waals surface area contributed by atoms with Crippen LogP contribution in [-0.4, -0.2) is 47.3 Å². The first-order valence-electron chi connectivity index (χ1n) is 6.66. The molecule has 0 amide bonds. The first-order chi connectivity index (χ1) is 9.55. The highest BCUT2D eigenvalue weighted by molar-refractivity contribution is 5.95. The van der Waals surface area contributed by atoms with Gasteiger partial charge in [0.15, 0.2) is 5.84 Å².